The molecule has 2 heterocycles. The number of piperidine rings is 1. The zero-order valence-electron chi connectivity index (χ0n) is 12.0. The molecule has 1 amide bonds. The molecule has 5 nitrogen and oxygen atoms in total. The number of hydrogen-bond acceptors (Lipinski definition) is 4. The second-order valence-electron chi connectivity index (χ2n) is 5.80. The molecule has 1 aliphatic heterocycles. The van der Waals surface area contributed by atoms with Crippen LogP contribution in [0.5, 0.6) is 0 Å². The highest BCUT2D eigenvalue weighted by Crippen LogP contribution is 2.32. The first-order valence-electron chi connectivity index (χ1n) is 7.59. The van der Waals surface area contributed by atoms with Gasteiger partial charge < -0.3 is 9.64 Å². The van der Waals surface area contributed by atoms with E-state index in [0.717, 1.165) is 18.5 Å². The lowest BCUT2D eigenvalue weighted by atomic mass is 9.96. The minimum absolute atomic E-state index is 0.0861. The standard InChI is InChI=1S/C16H20N2O3/c19-15(12-4-5-12)18-9-6-13(7-10-18)16(20)21-11-14-3-1-2-8-17-14/h1-3,8,12-13H,4-7,9-11H2. The predicted octanol–water partition coefficient (Wildman–Crippen LogP) is 1.77. The molecule has 0 bridgehead atoms. The Morgan fingerprint density at radius 1 is 1.14 bits per heavy atom. The lowest BCUT2D eigenvalue weighted by molar-refractivity contribution is -0.153. The first kappa shape index (κ1) is 14.0. The second kappa shape index (κ2) is 6.24. The molecule has 0 N–H and O–H groups in total. The quantitative estimate of drug-likeness (QED) is 0.792. The summed E-state index contributed by atoms with van der Waals surface area (Å²) in [6, 6.07) is 5.54. The Labute approximate surface area is 124 Å². The highest BCUT2D eigenvalue weighted by Gasteiger charge is 2.36. The number of amides is 1. The van der Waals surface area contributed by atoms with Gasteiger partial charge in [0.05, 0.1) is 11.6 Å². The van der Waals surface area contributed by atoms with Crippen molar-refractivity contribution in [3.05, 3.63) is 30.1 Å². The fraction of sp³-hybridized carbons (Fsp3) is 0.562. The molecule has 21 heavy (non-hydrogen) atoms. The van der Waals surface area contributed by atoms with Crippen molar-refractivity contribution in [1.29, 1.82) is 0 Å². The second-order valence-corrected chi connectivity index (χ2v) is 5.80. The van der Waals surface area contributed by atoms with Gasteiger partial charge in [-0.15, -0.1) is 0 Å². The SMILES string of the molecule is O=C(OCc1ccccn1)C1CCN(C(=O)C2CC2)CC1. The van der Waals surface area contributed by atoms with Crippen LogP contribution in [-0.2, 0) is 20.9 Å². The number of aromatic nitrogens is 1. The van der Waals surface area contributed by atoms with Crippen LogP contribution in [0, 0.1) is 11.8 Å². The molecule has 0 unspecified atom stereocenters. The third-order valence-electron chi connectivity index (χ3n) is 4.16. The van der Waals surface area contributed by atoms with Crippen molar-refractivity contribution in [3.63, 3.8) is 0 Å². The normalized spacial score (nSPS) is 19.3. The van der Waals surface area contributed by atoms with Gasteiger partial charge in [0.1, 0.15) is 6.61 Å². The van der Waals surface area contributed by atoms with Gasteiger partial charge in [-0.05, 0) is 37.8 Å². The van der Waals surface area contributed by atoms with Gasteiger partial charge in [-0.1, -0.05) is 6.07 Å². The van der Waals surface area contributed by atoms with Gasteiger partial charge in [0.25, 0.3) is 0 Å². The molecule has 1 aromatic rings. The summed E-state index contributed by atoms with van der Waals surface area (Å²) in [4.78, 5) is 30.0. The molecule has 2 fully saturated rings. The van der Waals surface area contributed by atoms with Crippen LogP contribution in [0.2, 0.25) is 0 Å². The minimum Gasteiger partial charge on any atom is -0.459 e. The van der Waals surface area contributed by atoms with Gasteiger partial charge in [-0.25, -0.2) is 0 Å². The lowest BCUT2D eigenvalue weighted by Crippen LogP contribution is -2.41. The topological polar surface area (TPSA) is 59.5 Å². The van der Waals surface area contributed by atoms with Crippen LogP contribution in [0.4, 0.5) is 0 Å². The molecule has 112 valence electrons. The van der Waals surface area contributed by atoms with E-state index in [4.69, 9.17) is 4.74 Å². The molecule has 0 spiro atoms. The molecule has 1 saturated heterocycles. The predicted molar refractivity (Wildman–Crippen MR) is 76.1 cm³/mol. The third kappa shape index (κ3) is 3.60. The van der Waals surface area contributed by atoms with E-state index in [1.54, 1.807) is 6.20 Å². The number of rotatable bonds is 4. The zero-order chi connectivity index (χ0) is 14.7. The fourth-order valence-corrected chi connectivity index (χ4v) is 2.67. The van der Waals surface area contributed by atoms with E-state index in [1.165, 1.54) is 0 Å². The molecule has 3 rings (SSSR count). The van der Waals surface area contributed by atoms with Crippen molar-refractivity contribution in [2.75, 3.05) is 13.1 Å². The maximum absolute atomic E-state index is 12.0. The molecular formula is C16H20N2O3. The van der Waals surface area contributed by atoms with Crippen molar-refractivity contribution in [3.8, 4) is 0 Å². The monoisotopic (exact) mass is 288 g/mol. The number of carbonyl (C=O) groups excluding carboxylic acids is 2. The summed E-state index contributed by atoms with van der Waals surface area (Å²) in [5.74, 6) is 0.282. The minimum atomic E-state index is -0.167. The summed E-state index contributed by atoms with van der Waals surface area (Å²) in [5.41, 5.74) is 0.757. The molecular weight excluding hydrogens is 268 g/mol. The molecule has 0 atom stereocenters. The Balaban J connectivity index is 1.43. The third-order valence-corrected chi connectivity index (χ3v) is 4.16. The Kier molecular flexibility index (Phi) is 4.18. The number of hydrogen-bond donors (Lipinski definition) is 0. The van der Waals surface area contributed by atoms with Gasteiger partial charge in [-0.3, -0.25) is 14.6 Å². The Bertz CT molecular complexity index is 506. The van der Waals surface area contributed by atoms with E-state index in [9.17, 15) is 9.59 Å². The molecule has 2 aliphatic rings. The average Bonchev–Trinajstić information content (AvgIpc) is 3.38. The van der Waals surface area contributed by atoms with Crippen LogP contribution >= 0.6 is 0 Å². The van der Waals surface area contributed by atoms with Crippen LogP contribution < -0.4 is 0 Å². The zero-order valence-corrected chi connectivity index (χ0v) is 12.0. The van der Waals surface area contributed by atoms with E-state index < -0.39 is 0 Å². The molecule has 0 aromatic carbocycles. The van der Waals surface area contributed by atoms with Crippen LogP contribution in [0.25, 0.3) is 0 Å². The lowest BCUT2D eigenvalue weighted by Gasteiger charge is -2.31. The molecule has 5 heteroatoms. The summed E-state index contributed by atoms with van der Waals surface area (Å²) >= 11 is 0. The van der Waals surface area contributed by atoms with Gasteiger partial charge in [0.15, 0.2) is 0 Å². The van der Waals surface area contributed by atoms with Crippen LogP contribution in [-0.4, -0.2) is 34.8 Å². The highest BCUT2D eigenvalue weighted by molar-refractivity contribution is 5.81. The van der Waals surface area contributed by atoms with Crippen LogP contribution in [0.3, 0.4) is 0 Å². The smallest absolute Gasteiger partial charge is 0.309 e. The van der Waals surface area contributed by atoms with E-state index >= 15 is 0 Å². The van der Waals surface area contributed by atoms with Crippen LogP contribution in [0.1, 0.15) is 31.4 Å². The maximum Gasteiger partial charge on any atom is 0.309 e. The van der Waals surface area contributed by atoms with Crippen molar-refractivity contribution in [1.82, 2.24) is 9.88 Å². The fourth-order valence-electron chi connectivity index (χ4n) is 2.67. The number of carbonyl (C=O) groups is 2. The van der Waals surface area contributed by atoms with E-state index in [-0.39, 0.29) is 30.3 Å². The van der Waals surface area contributed by atoms with Crippen molar-refractivity contribution in [2.45, 2.75) is 32.3 Å². The Morgan fingerprint density at radius 3 is 2.52 bits per heavy atom. The maximum atomic E-state index is 12.0. The summed E-state index contributed by atoms with van der Waals surface area (Å²) in [6.45, 7) is 1.58. The van der Waals surface area contributed by atoms with Crippen molar-refractivity contribution >= 4 is 11.9 Å². The van der Waals surface area contributed by atoms with E-state index in [0.29, 0.717) is 25.9 Å². The number of pyridine rings is 1. The molecule has 1 saturated carbocycles. The number of nitrogens with zero attached hydrogens (tertiary/aromatic N) is 2. The number of ether oxygens (including phenoxy) is 1. The molecule has 1 aliphatic carbocycles. The largest absolute Gasteiger partial charge is 0.459 e. The van der Waals surface area contributed by atoms with E-state index in [1.807, 2.05) is 23.1 Å². The van der Waals surface area contributed by atoms with E-state index in [2.05, 4.69) is 4.98 Å². The first-order valence-corrected chi connectivity index (χ1v) is 7.59. The highest BCUT2D eigenvalue weighted by atomic mass is 16.5. The number of likely N-dealkylation sites (tertiary alicyclic amines) is 1. The first-order chi connectivity index (χ1) is 10.2. The summed E-state index contributed by atoms with van der Waals surface area (Å²) in [5, 5.41) is 0. The Morgan fingerprint density at radius 2 is 1.90 bits per heavy atom. The van der Waals surface area contributed by atoms with Crippen molar-refractivity contribution in [2.24, 2.45) is 11.8 Å². The average molecular weight is 288 g/mol. The summed E-state index contributed by atoms with van der Waals surface area (Å²) < 4.78 is 5.32. The molecule has 0 radical (unpaired) electrons. The van der Waals surface area contributed by atoms with Crippen LogP contribution in [0.15, 0.2) is 24.4 Å². The summed E-state index contributed by atoms with van der Waals surface area (Å²) in [6.07, 6.45) is 5.17. The number of esters is 1. The van der Waals surface area contributed by atoms with Gasteiger partial charge in [0.2, 0.25) is 5.91 Å². The summed E-state index contributed by atoms with van der Waals surface area (Å²) in [7, 11) is 0. The Hall–Kier alpha value is -1.91. The molecule has 1 aromatic heterocycles. The van der Waals surface area contributed by atoms with Gasteiger partial charge in [-0.2, -0.15) is 0 Å². The van der Waals surface area contributed by atoms with Crippen molar-refractivity contribution < 1.29 is 14.3 Å². The van der Waals surface area contributed by atoms with Gasteiger partial charge in [0, 0.05) is 25.2 Å². The van der Waals surface area contributed by atoms with Gasteiger partial charge >= 0.3 is 5.97 Å².